The number of ether oxygens (including phenoxy) is 1. The minimum atomic E-state index is -0.0692. The molecule has 1 atom stereocenters. The molecule has 4 aromatic rings. The number of hydrogen-bond donors (Lipinski definition) is 1. The third kappa shape index (κ3) is 3.69. The molecule has 0 bridgehead atoms. The van der Waals surface area contributed by atoms with Gasteiger partial charge in [-0.2, -0.15) is 5.10 Å². The lowest BCUT2D eigenvalue weighted by atomic mass is 10.2. The molecule has 1 N–H and O–H groups in total. The van der Waals surface area contributed by atoms with Crippen LogP contribution in [0.2, 0.25) is 0 Å². The second-order valence-electron chi connectivity index (χ2n) is 6.14. The summed E-state index contributed by atoms with van der Waals surface area (Å²) in [7, 11) is 1.86. The zero-order chi connectivity index (χ0) is 18.6. The highest BCUT2D eigenvalue weighted by Gasteiger charge is 2.14. The summed E-state index contributed by atoms with van der Waals surface area (Å²) < 4.78 is 7.61. The standard InChI is InChI=1S/C19H19N7O/c1-13(27-15-4-3-7-21-11-15)10-22-18-16-12-23-26(2)19(16)25-17(24-18)14-5-8-20-9-6-14/h3-9,11-13H,10H2,1-2H3,(H,22,24,25)/t13-/m1/s1. The third-order valence-electron chi connectivity index (χ3n) is 4.06. The molecule has 0 unspecified atom stereocenters. The van der Waals surface area contributed by atoms with E-state index in [4.69, 9.17) is 9.72 Å². The fraction of sp³-hybridized carbons (Fsp3) is 0.211. The highest BCUT2D eigenvalue weighted by atomic mass is 16.5. The summed E-state index contributed by atoms with van der Waals surface area (Å²) in [5.74, 6) is 2.08. The molecule has 4 rings (SSSR count). The first kappa shape index (κ1) is 16.9. The van der Waals surface area contributed by atoms with Crippen molar-refractivity contribution in [3.05, 3.63) is 55.2 Å². The number of nitrogens with one attached hydrogen (secondary N) is 1. The van der Waals surface area contributed by atoms with Crippen LogP contribution in [0.25, 0.3) is 22.4 Å². The normalized spacial score (nSPS) is 12.1. The molecular weight excluding hydrogens is 342 g/mol. The van der Waals surface area contributed by atoms with E-state index in [1.54, 1.807) is 35.7 Å². The SMILES string of the molecule is C[C@H](CNc1nc(-c2ccncc2)nc2c1cnn2C)Oc1cccnc1. The van der Waals surface area contributed by atoms with Crippen LogP contribution in [0.1, 0.15) is 6.92 Å². The number of aromatic nitrogens is 6. The topological polar surface area (TPSA) is 90.6 Å². The highest BCUT2D eigenvalue weighted by Crippen LogP contribution is 2.24. The number of anilines is 1. The number of pyridine rings is 2. The summed E-state index contributed by atoms with van der Waals surface area (Å²) in [4.78, 5) is 17.4. The molecule has 4 aromatic heterocycles. The first-order valence-electron chi connectivity index (χ1n) is 8.61. The second kappa shape index (κ2) is 7.36. The summed E-state index contributed by atoms with van der Waals surface area (Å²) >= 11 is 0. The molecule has 0 saturated heterocycles. The van der Waals surface area contributed by atoms with Gasteiger partial charge in [-0.05, 0) is 31.2 Å². The van der Waals surface area contributed by atoms with E-state index in [9.17, 15) is 0 Å². The average Bonchev–Trinajstić information content (AvgIpc) is 3.08. The van der Waals surface area contributed by atoms with Gasteiger partial charge in [0.15, 0.2) is 11.5 Å². The lowest BCUT2D eigenvalue weighted by Crippen LogP contribution is -2.23. The Morgan fingerprint density at radius 2 is 1.93 bits per heavy atom. The van der Waals surface area contributed by atoms with Crippen molar-refractivity contribution in [1.82, 2.24) is 29.7 Å². The van der Waals surface area contributed by atoms with Gasteiger partial charge in [-0.3, -0.25) is 14.6 Å². The number of hydrogen-bond acceptors (Lipinski definition) is 7. The first-order valence-corrected chi connectivity index (χ1v) is 8.61. The minimum Gasteiger partial charge on any atom is -0.487 e. The van der Waals surface area contributed by atoms with Gasteiger partial charge >= 0.3 is 0 Å². The van der Waals surface area contributed by atoms with Crippen LogP contribution in [0.5, 0.6) is 5.75 Å². The van der Waals surface area contributed by atoms with E-state index in [1.165, 1.54) is 0 Å². The Balaban J connectivity index is 1.59. The Morgan fingerprint density at radius 3 is 2.70 bits per heavy atom. The van der Waals surface area contributed by atoms with Crippen LogP contribution >= 0.6 is 0 Å². The summed E-state index contributed by atoms with van der Waals surface area (Å²) in [6, 6.07) is 7.50. The van der Waals surface area contributed by atoms with Crippen molar-refractivity contribution >= 4 is 16.9 Å². The second-order valence-corrected chi connectivity index (χ2v) is 6.14. The molecule has 0 saturated carbocycles. The first-order chi connectivity index (χ1) is 13.2. The number of fused-ring (bicyclic) bond motifs is 1. The lowest BCUT2D eigenvalue weighted by Gasteiger charge is -2.16. The van der Waals surface area contributed by atoms with Crippen molar-refractivity contribution in [2.75, 3.05) is 11.9 Å². The Morgan fingerprint density at radius 1 is 1.07 bits per heavy atom. The van der Waals surface area contributed by atoms with Crippen molar-refractivity contribution in [3.8, 4) is 17.1 Å². The van der Waals surface area contributed by atoms with Gasteiger partial charge in [0.05, 0.1) is 24.3 Å². The van der Waals surface area contributed by atoms with Gasteiger partial charge in [0.2, 0.25) is 0 Å². The molecule has 8 nitrogen and oxygen atoms in total. The lowest BCUT2D eigenvalue weighted by molar-refractivity contribution is 0.234. The van der Waals surface area contributed by atoms with Gasteiger partial charge in [-0.25, -0.2) is 9.97 Å². The van der Waals surface area contributed by atoms with E-state index in [1.807, 2.05) is 38.2 Å². The van der Waals surface area contributed by atoms with E-state index in [2.05, 4.69) is 25.4 Å². The molecule has 0 radical (unpaired) electrons. The molecule has 8 heteroatoms. The van der Waals surface area contributed by atoms with Crippen molar-refractivity contribution in [2.24, 2.45) is 7.05 Å². The highest BCUT2D eigenvalue weighted by molar-refractivity contribution is 5.88. The molecule has 0 aliphatic rings. The molecule has 0 fully saturated rings. The zero-order valence-corrected chi connectivity index (χ0v) is 15.1. The van der Waals surface area contributed by atoms with Gasteiger partial charge < -0.3 is 10.1 Å². The molecule has 136 valence electrons. The van der Waals surface area contributed by atoms with Crippen LogP contribution in [-0.4, -0.2) is 42.4 Å². The van der Waals surface area contributed by atoms with Crippen molar-refractivity contribution in [3.63, 3.8) is 0 Å². The van der Waals surface area contributed by atoms with E-state index >= 15 is 0 Å². The van der Waals surface area contributed by atoms with E-state index < -0.39 is 0 Å². The van der Waals surface area contributed by atoms with Crippen LogP contribution in [0, 0.1) is 0 Å². The van der Waals surface area contributed by atoms with Crippen molar-refractivity contribution in [2.45, 2.75) is 13.0 Å². The molecule has 0 aliphatic heterocycles. The fourth-order valence-corrected chi connectivity index (χ4v) is 2.72. The fourth-order valence-electron chi connectivity index (χ4n) is 2.72. The van der Waals surface area contributed by atoms with Gasteiger partial charge in [-0.1, -0.05) is 0 Å². The predicted molar refractivity (Wildman–Crippen MR) is 102 cm³/mol. The minimum absolute atomic E-state index is 0.0692. The monoisotopic (exact) mass is 361 g/mol. The summed E-state index contributed by atoms with van der Waals surface area (Å²) in [6.45, 7) is 2.57. The third-order valence-corrected chi connectivity index (χ3v) is 4.06. The maximum atomic E-state index is 5.87. The molecule has 0 aliphatic carbocycles. The maximum Gasteiger partial charge on any atom is 0.164 e. The van der Waals surface area contributed by atoms with Gasteiger partial charge in [0.1, 0.15) is 17.7 Å². The van der Waals surface area contributed by atoms with Crippen LogP contribution in [0.4, 0.5) is 5.82 Å². The summed E-state index contributed by atoms with van der Waals surface area (Å²) in [6.07, 6.45) is 8.56. The maximum absolute atomic E-state index is 5.87. The Labute approximate surface area is 156 Å². The molecule has 27 heavy (non-hydrogen) atoms. The van der Waals surface area contributed by atoms with Crippen LogP contribution in [0.3, 0.4) is 0 Å². The summed E-state index contributed by atoms with van der Waals surface area (Å²) in [5.41, 5.74) is 1.66. The van der Waals surface area contributed by atoms with Crippen molar-refractivity contribution in [1.29, 1.82) is 0 Å². The number of aryl methyl sites for hydroxylation is 1. The Bertz CT molecular complexity index is 1030. The van der Waals surface area contributed by atoms with Gasteiger partial charge in [0.25, 0.3) is 0 Å². The van der Waals surface area contributed by atoms with Crippen molar-refractivity contribution < 1.29 is 4.74 Å². The molecular formula is C19H19N7O. The van der Waals surface area contributed by atoms with E-state index in [-0.39, 0.29) is 6.10 Å². The molecule has 0 aromatic carbocycles. The molecule has 4 heterocycles. The van der Waals surface area contributed by atoms with Crippen LogP contribution in [-0.2, 0) is 7.05 Å². The Kier molecular flexibility index (Phi) is 4.61. The van der Waals surface area contributed by atoms with Crippen LogP contribution < -0.4 is 10.1 Å². The van der Waals surface area contributed by atoms with E-state index in [0.29, 0.717) is 12.4 Å². The molecule has 0 spiro atoms. The predicted octanol–water partition coefficient (Wildman–Crippen LogP) is 2.70. The Hall–Kier alpha value is -3.55. The van der Waals surface area contributed by atoms with E-state index in [0.717, 1.165) is 28.2 Å². The average molecular weight is 361 g/mol. The van der Waals surface area contributed by atoms with Gasteiger partial charge in [-0.15, -0.1) is 0 Å². The zero-order valence-electron chi connectivity index (χ0n) is 15.1. The summed E-state index contributed by atoms with van der Waals surface area (Å²) in [5, 5.41) is 8.54. The smallest absolute Gasteiger partial charge is 0.164 e. The quantitative estimate of drug-likeness (QED) is 0.564. The molecule has 0 amide bonds. The largest absolute Gasteiger partial charge is 0.487 e. The van der Waals surface area contributed by atoms with Gasteiger partial charge in [0, 0.05) is 31.2 Å². The number of rotatable bonds is 6. The van der Waals surface area contributed by atoms with Crippen LogP contribution in [0.15, 0.2) is 55.2 Å². The number of nitrogens with zero attached hydrogens (tertiary/aromatic N) is 6.